The summed E-state index contributed by atoms with van der Waals surface area (Å²) in [7, 11) is -12.4. The number of nitrogens with zero attached hydrogens (tertiary/aromatic N) is 2. The van der Waals surface area contributed by atoms with Crippen LogP contribution in [0.4, 0.5) is 43.9 Å². The van der Waals surface area contributed by atoms with Gasteiger partial charge in [0.1, 0.15) is 0 Å². The first-order chi connectivity index (χ1) is 31.9. The van der Waals surface area contributed by atoms with Crippen LogP contribution in [-0.4, -0.2) is 107 Å². The van der Waals surface area contributed by atoms with E-state index in [2.05, 4.69) is 28.4 Å². The molecule has 0 amide bonds. The standard InChI is InChI=1S/C23H30F5NO7S.C18H22F5NO6S/c24-22(25,26)20(18-12-6-5-7-13-18)29-36-37(31,32)23(27,28)21(30)35-17-10-4-2-1-3-9-15-33-19-14-8-11-16-34-19;19-17(20,21)15(14-10-6-5-7-11-14)24-30-31(27,28)18(22,23)16(26)29-13-9-4-2-1-3-8-12-25/h5-7,12-13,19H,1-4,8-11,14-17H2;5-7,10-11,25H,1-4,8-9,12-13H2/b29-20-;24-15-. The number of unbranched alkanes of at least 4 members (excludes halogenated alkanes) is 10. The van der Waals surface area contributed by atoms with Crippen molar-refractivity contribution in [3.8, 4) is 0 Å². The van der Waals surface area contributed by atoms with Crippen LogP contribution in [0.3, 0.4) is 0 Å². The summed E-state index contributed by atoms with van der Waals surface area (Å²) in [5.41, 5.74) is -4.99. The highest BCUT2D eigenvalue weighted by Gasteiger charge is 2.59. The molecule has 1 unspecified atom stereocenters. The smallest absolute Gasteiger partial charge is 0.460 e. The first-order valence-electron chi connectivity index (χ1n) is 21.1. The van der Waals surface area contributed by atoms with Gasteiger partial charge in [-0.25, -0.2) is 9.59 Å². The third-order valence-electron chi connectivity index (χ3n) is 9.19. The number of oxime groups is 2. The molecule has 1 saturated heterocycles. The average Bonchev–Trinajstić information content (AvgIpc) is 3.28. The van der Waals surface area contributed by atoms with E-state index >= 15 is 0 Å². The first kappa shape index (κ1) is 59.5. The number of alkyl halides is 10. The van der Waals surface area contributed by atoms with E-state index in [1.165, 1.54) is 36.4 Å². The molecule has 386 valence electrons. The van der Waals surface area contributed by atoms with Crippen molar-refractivity contribution >= 4 is 43.6 Å². The Morgan fingerprint density at radius 3 is 1.28 bits per heavy atom. The molecule has 3 rings (SSSR count). The fourth-order valence-electron chi connectivity index (χ4n) is 5.59. The Hall–Kier alpha value is -4.60. The number of ether oxygens (including phenoxy) is 4. The average molecular weight is 1030 g/mol. The minimum atomic E-state index is -6.21. The summed E-state index contributed by atoms with van der Waals surface area (Å²) in [5.74, 6) is -4.94. The maximum atomic E-state index is 14.1. The zero-order valence-corrected chi connectivity index (χ0v) is 38.0. The molecule has 0 saturated carbocycles. The van der Waals surface area contributed by atoms with Crippen molar-refractivity contribution in [3.63, 3.8) is 0 Å². The van der Waals surface area contributed by atoms with Crippen LogP contribution in [0.5, 0.6) is 0 Å². The molecule has 27 heteroatoms. The minimum absolute atomic E-state index is 0.0586. The monoisotopic (exact) mass is 1030 g/mol. The second-order valence-corrected chi connectivity index (χ2v) is 17.7. The summed E-state index contributed by atoms with van der Waals surface area (Å²) in [6, 6.07) is 11.2. The predicted molar refractivity (Wildman–Crippen MR) is 222 cm³/mol. The van der Waals surface area contributed by atoms with Crippen molar-refractivity contribution in [2.24, 2.45) is 10.3 Å². The Labute approximate surface area is 386 Å². The van der Waals surface area contributed by atoms with E-state index < -0.39 is 90.8 Å². The van der Waals surface area contributed by atoms with Crippen molar-refractivity contribution in [1.29, 1.82) is 0 Å². The van der Waals surface area contributed by atoms with Crippen LogP contribution in [0.25, 0.3) is 0 Å². The van der Waals surface area contributed by atoms with Crippen LogP contribution in [-0.2, 0) is 57.3 Å². The second-order valence-electron chi connectivity index (χ2n) is 14.6. The third kappa shape index (κ3) is 20.6. The Balaban J connectivity index is 0.000000475. The predicted octanol–water partition coefficient (Wildman–Crippen LogP) is 9.09. The SMILES string of the molecule is O=C(OCCCCCCCCO)C(F)(F)S(=O)(=O)O/N=C(/c1ccccc1)C(F)(F)F.O=C(OCCCCCCCCOC1CCCCO1)C(F)(F)S(=O)(=O)O/N=C(/c1ccccc1)C(F)(F)F. The molecule has 0 bridgehead atoms. The highest BCUT2D eigenvalue weighted by Crippen LogP contribution is 2.30. The van der Waals surface area contributed by atoms with E-state index in [1.54, 1.807) is 0 Å². The fraction of sp³-hybridized carbons (Fsp3) is 0.610. The Bertz CT molecular complexity index is 2090. The van der Waals surface area contributed by atoms with Crippen LogP contribution in [0, 0.1) is 0 Å². The zero-order valence-electron chi connectivity index (χ0n) is 36.3. The number of carbonyl (C=O) groups excluding carboxylic acids is 2. The van der Waals surface area contributed by atoms with E-state index in [9.17, 15) is 70.3 Å². The van der Waals surface area contributed by atoms with Crippen LogP contribution in [0.1, 0.15) is 107 Å². The molecule has 1 fully saturated rings. The zero-order chi connectivity index (χ0) is 50.9. The summed E-state index contributed by atoms with van der Waals surface area (Å²) in [5, 5.41) is 2.80. The Morgan fingerprint density at radius 2 is 0.926 bits per heavy atom. The summed E-state index contributed by atoms with van der Waals surface area (Å²) in [6.07, 6.45) is -0.0271. The molecule has 2 aromatic rings. The number of rotatable bonds is 28. The lowest BCUT2D eigenvalue weighted by Crippen LogP contribution is -2.40. The quantitative estimate of drug-likeness (QED) is 0.0278. The Morgan fingerprint density at radius 1 is 0.559 bits per heavy atom. The molecule has 0 aromatic heterocycles. The number of hydrogen-bond donors (Lipinski definition) is 1. The summed E-state index contributed by atoms with van der Waals surface area (Å²) < 4.78 is 208. The van der Waals surface area contributed by atoms with Crippen LogP contribution < -0.4 is 0 Å². The van der Waals surface area contributed by atoms with E-state index in [0.717, 1.165) is 82.1 Å². The number of benzene rings is 2. The first-order valence-corrected chi connectivity index (χ1v) is 23.9. The maximum absolute atomic E-state index is 14.1. The maximum Gasteiger partial charge on any atom is 0.478 e. The van der Waals surface area contributed by atoms with Gasteiger partial charge in [-0.1, -0.05) is 122 Å². The number of halogens is 10. The number of carbonyl (C=O) groups is 2. The molecular weight excluding hydrogens is 983 g/mol. The highest BCUT2D eigenvalue weighted by molar-refractivity contribution is 7.88. The molecule has 0 spiro atoms. The van der Waals surface area contributed by atoms with Gasteiger partial charge < -0.3 is 24.1 Å². The molecule has 68 heavy (non-hydrogen) atoms. The molecule has 1 aliphatic rings. The van der Waals surface area contributed by atoms with Gasteiger partial charge in [-0.3, -0.25) is 8.57 Å². The number of aliphatic hydroxyl groups excluding tert-OH is 1. The fourth-order valence-corrected chi connectivity index (χ4v) is 6.64. The van der Waals surface area contributed by atoms with Crippen molar-refractivity contribution < 1.29 is 103 Å². The van der Waals surface area contributed by atoms with E-state index in [0.29, 0.717) is 38.9 Å². The van der Waals surface area contributed by atoms with Crippen molar-refractivity contribution in [3.05, 3.63) is 71.8 Å². The van der Waals surface area contributed by atoms with Gasteiger partial charge in [-0.15, -0.1) is 0 Å². The van der Waals surface area contributed by atoms with Crippen molar-refractivity contribution in [1.82, 2.24) is 0 Å². The van der Waals surface area contributed by atoms with Gasteiger partial charge >= 0.3 is 55.0 Å². The number of aliphatic hydroxyl groups is 1. The van der Waals surface area contributed by atoms with Gasteiger partial charge in [0.25, 0.3) is 0 Å². The second kappa shape index (κ2) is 28.8. The van der Waals surface area contributed by atoms with Gasteiger partial charge in [-0.05, 0) is 44.9 Å². The lowest BCUT2D eigenvalue weighted by Gasteiger charge is -2.22. The molecule has 2 aromatic carbocycles. The molecule has 1 N–H and O–H groups in total. The molecular formula is C41H52F10N2O13S2. The lowest BCUT2D eigenvalue weighted by molar-refractivity contribution is -0.163. The van der Waals surface area contributed by atoms with Gasteiger partial charge in [0.15, 0.2) is 17.7 Å². The molecule has 1 heterocycles. The molecule has 1 atom stereocenters. The normalized spacial score (nSPS) is 15.5. The van der Waals surface area contributed by atoms with Gasteiger partial charge in [0.05, 0.1) is 13.2 Å². The largest absolute Gasteiger partial charge is 0.478 e. The number of hydrogen-bond acceptors (Lipinski definition) is 15. The van der Waals surface area contributed by atoms with E-state index in [-0.39, 0.29) is 25.7 Å². The van der Waals surface area contributed by atoms with Crippen LogP contribution in [0.2, 0.25) is 0 Å². The molecule has 0 aliphatic carbocycles. The van der Waals surface area contributed by atoms with Crippen LogP contribution in [0.15, 0.2) is 71.0 Å². The Kier molecular flexibility index (Phi) is 25.2. The van der Waals surface area contributed by atoms with Crippen molar-refractivity contribution in [2.75, 3.05) is 33.0 Å². The van der Waals surface area contributed by atoms with Gasteiger partial charge in [0.2, 0.25) is 0 Å². The van der Waals surface area contributed by atoms with E-state index in [4.69, 9.17) is 14.6 Å². The van der Waals surface area contributed by atoms with E-state index in [1.807, 2.05) is 0 Å². The lowest BCUT2D eigenvalue weighted by atomic mass is 10.1. The molecule has 1 aliphatic heterocycles. The summed E-state index contributed by atoms with van der Waals surface area (Å²) in [4.78, 5) is 23.1. The van der Waals surface area contributed by atoms with Gasteiger partial charge in [0, 0.05) is 30.9 Å². The molecule has 0 radical (unpaired) electrons. The van der Waals surface area contributed by atoms with Crippen molar-refractivity contribution in [2.45, 2.75) is 125 Å². The third-order valence-corrected chi connectivity index (χ3v) is 11.3. The summed E-state index contributed by atoms with van der Waals surface area (Å²) in [6.45, 7) is 0.344. The van der Waals surface area contributed by atoms with Crippen LogP contribution >= 0.6 is 0 Å². The highest BCUT2D eigenvalue weighted by atomic mass is 32.2. The molecule has 15 nitrogen and oxygen atoms in total. The number of esters is 2. The summed E-state index contributed by atoms with van der Waals surface area (Å²) >= 11 is 0. The minimum Gasteiger partial charge on any atom is -0.460 e. The van der Waals surface area contributed by atoms with Gasteiger partial charge in [-0.2, -0.15) is 60.7 Å². The topological polar surface area (TPSA) is 203 Å².